The second kappa shape index (κ2) is 4.31. The van der Waals surface area contributed by atoms with Crippen molar-refractivity contribution in [2.75, 3.05) is 11.4 Å². The topological polar surface area (TPSA) is 72.1 Å². The monoisotopic (exact) mass is 234 g/mol. The third-order valence-corrected chi connectivity index (χ3v) is 3.33. The first kappa shape index (κ1) is 11.8. The van der Waals surface area contributed by atoms with E-state index >= 15 is 0 Å². The molecule has 1 amide bonds. The van der Waals surface area contributed by atoms with E-state index in [1.165, 1.54) is 12.7 Å². The molecule has 0 unspecified atom stereocenters. The average Bonchev–Trinajstić information content (AvgIpc) is 2.28. The van der Waals surface area contributed by atoms with Gasteiger partial charge in [-0.2, -0.15) is 0 Å². The molecule has 5 heteroatoms. The fourth-order valence-corrected chi connectivity index (χ4v) is 2.32. The lowest BCUT2D eigenvalue weighted by atomic mass is 9.90. The lowest BCUT2D eigenvalue weighted by Crippen LogP contribution is -2.48. The van der Waals surface area contributed by atoms with Crippen molar-refractivity contribution in [1.29, 1.82) is 0 Å². The highest BCUT2D eigenvalue weighted by Crippen LogP contribution is 2.31. The van der Waals surface area contributed by atoms with Crippen LogP contribution in [0.4, 0.5) is 5.82 Å². The predicted molar refractivity (Wildman–Crippen MR) is 65.8 cm³/mol. The summed E-state index contributed by atoms with van der Waals surface area (Å²) in [6.45, 7) is 5.35. The van der Waals surface area contributed by atoms with Crippen LogP contribution < -0.4 is 10.6 Å². The molecule has 17 heavy (non-hydrogen) atoms. The van der Waals surface area contributed by atoms with Gasteiger partial charge in [0.05, 0.1) is 0 Å². The van der Waals surface area contributed by atoms with Gasteiger partial charge < -0.3 is 10.6 Å². The molecule has 0 aliphatic carbocycles. The molecule has 1 fully saturated rings. The summed E-state index contributed by atoms with van der Waals surface area (Å²) in [5.41, 5.74) is 5.58. The van der Waals surface area contributed by atoms with Gasteiger partial charge in [-0.3, -0.25) is 4.79 Å². The molecule has 1 saturated heterocycles. The molecule has 2 heterocycles. The van der Waals surface area contributed by atoms with Gasteiger partial charge >= 0.3 is 0 Å². The molecule has 0 aromatic carbocycles. The Morgan fingerprint density at radius 2 is 2.18 bits per heavy atom. The molecule has 0 saturated carbocycles. The average molecular weight is 234 g/mol. The minimum absolute atomic E-state index is 0.0710. The third-order valence-electron chi connectivity index (χ3n) is 3.33. The maximum absolute atomic E-state index is 11.1. The second-order valence-corrected chi connectivity index (χ2v) is 5.05. The zero-order chi connectivity index (χ0) is 12.5. The van der Waals surface area contributed by atoms with Crippen molar-refractivity contribution in [2.45, 2.75) is 38.6 Å². The second-order valence-electron chi connectivity index (χ2n) is 5.05. The lowest BCUT2D eigenvalue weighted by molar-refractivity contribution is 0.0995. The van der Waals surface area contributed by atoms with E-state index in [0.29, 0.717) is 0 Å². The first-order chi connectivity index (χ1) is 8.00. The van der Waals surface area contributed by atoms with E-state index < -0.39 is 5.91 Å². The van der Waals surface area contributed by atoms with E-state index in [-0.39, 0.29) is 11.2 Å². The van der Waals surface area contributed by atoms with Crippen LogP contribution in [0.2, 0.25) is 0 Å². The number of primary amides is 1. The van der Waals surface area contributed by atoms with Crippen molar-refractivity contribution in [1.82, 2.24) is 9.97 Å². The molecule has 1 aliphatic heterocycles. The fraction of sp³-hybridized carbons (Fsp3) is 0.583. The summed E-state index contributed by atoms with van der Waals surface area (Å²) in [7, 11) is 0. The maximum atomic E-state index is 11.1. The van der Waals surface area contributed by atoms with Crippen LogP contribution in [0.1, 0.15) is 43.6 Å². The van der Waals surface area contributed by atoms with E-state index in [0.717, 1.165) is 25.2 Å². The first-order valence-corrected chi connectivity index (χ1v) is 5.90. The van der Waals surface area contributed by atoms with Crippen LogP contribution >= 0.6 is 0 Å². The van der Waals surface area contributed by atoms with Gasteiger partial charge in [-0.05, 0) is 33.1 Å². The molecule has 1 aliphatic rings. The summed E-state index contributed by atoms with van der Waals surface area (Å²) < 4.78 is 0. The highest BCUT2D eigenvalue weighted by Gasteiger charge is 2.30. The molecule has 2 N–H and O–H groups in total. The number of anilines is 1. The van der Waals surface area contributed by atoms with Crippen LogP contribution in [0.5, 0.6) is 0 Å². The molecular weight excluding hydrogens is 216 g/mol. The summed E-state index contributed by atoms with van der Waals surface area (Å²) in [4.78, 5) is 21.5. The number of aromatic nitrogens is 2. The minimum atomic E-state index is -0.511. The zero-order valence-electron chi connectivity index (χ0n) is 10.3. The van der Waals surface area contributed by atoms with Crippen molar-refractivity contribution >= 4 is 11.7 Å². The number of carbonyl (C=O) groups excluding carboxylic acids is 1. The number of nitrogens with zero attached hydrogens (tertiary/aromatic N) is 3. The van der Waals surface area contributed by atoms with Crippen LogP contribution in [0.25, 0.3) is 0 Å². The van der Waals surface area contributed by atoms with Crippen LogP contribution in [0.15, 0.2) is 12.4 Å². The van der Waals surface area contributed by atoms with Gasteiger partial charge in [0.1, 0.15) is 17.8 Å². The van der Waals surface area contributed by atoms with E-state index in [2.05, 4.69) is 28.7 Å². The van der Waals surface area contributed by atoms with E-state index in [4.69, 9.17) is 5.73 Å². The van der Waals surface area contributed by atoms with Crippen molar-refractivity contribution in [3.63, 3.8) is 0 Å². The number of nitrogens with two attached hydrogens (primary N) is 1. The van der Waals surface area contributed by atoms with Crippen molar-refractivity contribution in [3.8, 4) is 0 Å². The number of hydrogen-bond acceptors (Lipinski definition) is 4. The molecule has 0 atom stereocenters. The third kappa shape index (κ3) is 2.38. The number of hydrogen-bond donors (Lipinski definition) is 1. The summed E-state index contributed by atoms with van der Waals surface area (Å²) in [5, 5.41) is 0. The van der Waals surface area contributed by atoms with Crippen LogP contribution in [0, 0.1) is 0 Å². The maximum Gasteiger partial charge on any atom is 0.267 e. The van der Waals surface area contributed by atoms with Crippen LogP contribution in [-0.2, 0) is 0 Å². The van der Waals surface area contributed by atoms with E-state index in [1.807, 2.05) is 0 Å². The number of rotatable bonds is 2. The molecule has 5 nitrogen and oxygen atoms in total. The fourth-order valence-electron chi connectivity index (χ4n) is 2.32. The molecule has 92 valence electrons. The SMILES string of the molecule is CC1(C)CCCCN1c1cc(C(N)=O)ncn1. The summed E-state index contributed by atoms with van der Waals surface area (Å²) in [6, 6.07) is 1.68. The normalized spacial score (nSPS) is 19.1. The molecule has 0 spiro atoms. The summed E-state index contributed by atoms with van der Waals surface area (Å²) in [5.74, 6) is 0.280. The van der Waals surface area contributed by atoms with Crippen molar-refractivity contribution in [2.24, 2.45) is 5.73 Å². The Balaban J connectivity index is 2.32. The Bertz CT molecular complexity index is 430. The Labute approximate surface area is 101 Å². The van der Waals surface area contributed by atoms with E-state index in [9.17, 15) is 4.79 Å². The van der Waals surface area contributed by atoms with Gasteiger partial charge in [0.2, 0.25) is 0 Å². The highest BCUT2D eigenvalue weighted by atomic mass is 16.1. The lowest BCUT2D eigenvalue weighted by Gasteiger charge is -2.43. The Kier molecular flexibility index (Phi) is 3.00. The van der Waals surface area contributed by atoms with Crippen LogP contribution in [-0.4, -0.2) is 28.0 Å². The Morgan fingerprint density at radius 3 is 2.82 bits per heavy atom. The Hall–Kier alpha value is -1.65. The quantitative estimate of drug-likeness (QED) is 0.838. The number of amides is 1. The molecule has 1 aromatic heterocycles. The van der Waals surface area contributed by atoms with Gasteiger partial charge in [-0.15, -0.1) is 0 Å². The predicted octanol–water partition coefficient (Wildman–Crippen LogP) is 1.34. The van der Waals surface area contributed by atoms with Gasteiger partial charge in [0, 0.05) is 18.2 Å². The van der Waals surface area contributed by atoms with Gasteiger partial charge in [-0.1, -0.05) is 0 Å². The van der Waals surface area contributed by atoms with E-state index in [1.54, 1.807) is 6.07 Å². The first-order valence-electron chi connectivity index (χ1n) is 5.90. The number of piperidine rings is 1. The highest BCUT2D eigenvalue weighted by molar-refractivity contribution is 5.91. The van der Waals surface area contributed by atoms with Gasteiger partial charge in [0.25, 0.3) is 5.91 Å². The minimum Gasteiger partial charge on any atom is -0.364 e. The van der Waals surface area contributed by atoms with Crippen molar-refractivity contribution < 1.29 is 4.79 Å². The standard InChI is InChI=1S/C12H18N4O/c1-12(2)5-3-4-6-16(12)10-7-9(11(13)17)14-8-15-10/h7-8H,3-6H2,1-2H3,(H2,13,17). The zero-order valence-corrected chi connectivity index (χ0v) is 10.3. The summed E-state index contributed by atoms with van der Waals surface area (Å²) >= 11 is 0. The molecule has 2 rings (SSSR count). The smallest absolute Gasteiger partial charge is 0.267 e. The molecule has 0 bridgehead atoms. The van der Waals surface area contributed by atoms with Gasteiger partial charge in [0.15, 0.2) is 0 Å². The van der Waals surface area contributed by atoms with Crippen molar-refractivity contribution in [3.05, 3.63) is 18.1 Å². The molecule has 0 radical (unpaired) electrons. The number of carbonyl (C=O) groups is 1. The largest absolute Gasteiger partial charge is 0.364 e. The molecular formula is C12H18N4O. The molecule has 1 aromatic rings. The summed E-state index contributed by atoms with van der Waals surface area (Å²) in [6.07, 6.45) is 4.92. The Morgan fingerprint density at radius 1 is 1.41 bits per heavy atom. The van der Waals surface area contributed by atoms with Gasteiger partial charge in [-0.25, -0.2) is 9.97 Å². The van der Waals surface area contributed by atoms with Crippen LogP contribution in [0.3, 0.4) is 0 Å².